The number of hydrogen-bond acceptors (Lipinski definition) is 15. The van der Waals surface area contributed by atoms with Crippen LogP contribution in [0.25, 0.3) is 0 Å². The first kappa shape index (κ1) is 78.1. The maximum atomic E-state index is 12.9. The molecule has 0 aliphatic carbocycles. The van der Waals surface area contributed by atoms with Gasteiger partial charge < -0.3 is 33.8 Å². The lowest BCUT2D eigenvalue weighted by Crippen LogP contribution is -2.30. The van der Waals surface area contributed by atoms with Crippen molar-refractivity contribution in [2.75, 3.05) is 39.6 Å². The van der Waals surface area contributed by atoms with Gasteiger partial charge in [-0.25, -0.2) is 9.13 Å². The third kappa shape index (κ3) is 55.3. The molecule has 0 aromatic carbocycles. The fourth-order valence-electron chi connectivity index (χ4n) is 8.90. The number of ether oxygens (including phenoxy) is 4. The predicted octanol–water partition coefficient (Wildman–Crippen LogP) is 16.2. The predicted molar refractivity (Wildman–Crippen MR) is 317 cm³/mol. The molecule has 0 bridgehead atoms. The van der Waals surface area contributed by atoms with Gasteiger partial charge in [-0.05, 0) is 49.4 Å². The van der Waals surface area contributed by atoms with Crippen molar-refractivity contribution in [3.05, 3.63) is 0 Å². The third-order valence-electron chi connectivity index (χ3n) is 13.8. The molecule has 80 heavy (non-hydrogen) atoms. The minimum absolute atomic E-state index is 0.100. The molecule has 5 atom stereocenters. The number of aliphatic hydroxyl groups is 1. The molecule has 0 aliphatic heterocycles. The van der Waals surface area contributed by atoms with Crippen molar-refractivity contribution in [1.82, 2.24) is 0 Å². The Morgan fingerprint density at radius 1 is 0.312 bits per heavy atom. The molecule has 474 valence electrons. The van der Waals surface area contributed by atoms with Crippen LogP contribution in [0.3, 0.4) is 0 Å². The van der Waals surface area contributed by atoms with Crippen molar-refractivity contribution in [1.29, 1.82) is 0 Å². The molecule has 2 unspecified atom stereocenters. The molecular weight excluding hydrogens is 1070 g/mol. The molecule has 17 nitrogen and oxygen atoms in total. The minimum atomic E-state index is -4.94. The van der Waals surface area contributed by atoms with E-state index >= 15 is 0 Å². The van der Waals surface area contributed by atoms with Crippen molar-refractivity contribution < 1.29 is 80.2 Å². The van der Waals surface area contributed by atoms with Crippen LogP contribution < -0.4 is 0 Å². The zero-order valence-corrected chi connectivity index (χ0v) is 53.5. The second-order valence-electron chi connectivity index (χ2n) is 24.0. The van der Waals surface area contributed by atoms with Gasteiger partial charge in [-0.3, -0.25) is 37.3 Å². The highest BCUT2D eigenvalue weighted by Crippen LogP contribution is 2.45. The highest BCUT2D eigenvalue weighted by Gasteiger charge is 2.30. The standard InChI is InChI=1S/C61H118O17P2/c1-51(2)37-29-21-13-10-9-11-15-27-35-43-60(65)77-56(47-71-58(63)41-33-25-16-12-14-22-30-38-52(3)4)49-75-79(67,68)73-45-55(62)46-74-80(69,70)76-50-57(78-61(66)44-36-28-20-18-24-32-40-54(7)8)48-72-59(64)42-34-26-19-17-23-31-39-53(5)6/h51-57,62H,9-50H2,1-8H3,(H,67,68)(H,69,70)/t55-,56-,57-/m1/s1. The van der Waals surface area contributed by atoms with E-state index in [1.165, 1.54) is 77.0 Å². The Bertz CT molecular complexity index is 1610. The molecule has 0 radical (unpaired) electrons. The van der Waals surface area contributed by atoms with Gasteiger partial charge in [0.1, 0.15) is 19.3 Å². The van der Waals surface area contributed by atoms with Crippen LogP contribution in [0.5, 0.6) is 0 Å². The fraction of sp³-hybridized carbons (Fsp3) is 0.934. The number of aliphatic hydroxyl groups excluding tert-OH is 1. The van der Waals surface area contributed by atoms with Crippen LogP contribution in [-0.2, 0) is 65.4 Å². The van der Waals surface area contributed by atoms with Gasteiger partial charge in [-0.15, -0.1) is 0 Å². The van der Waals surface area contributed by atoms with Crippen LogP contribution in [-0.4, -0.2) is 96.7 Å². The SMILES string of the molecule is CC(C)CCCCCCCCCCCC(=O)O[C@H](COC(=O)CCCCCCCCCC(C)C)COP(=O)(O)OC[C@@H](O)COP(=O)(O)OC[C@@H](COC(=O)CCCCCCCCC(C)C)OC(=O)CCCCCCCCC(C)C. The topological polar surface area (TPSA) is 237 Å². The van der Waals surface area contributed by atoms with Gasteiger partial charge in [0.2, 0.25) is 0 Å². The molecular formula is C61H118O17P2. The van der Waals surface area contributed by atoms with Crippen LogP contribution >= 0.6 is 15.6 Å². The summed E-state index contributed by atoms with van der Waals surface area (Å²) in [5, 5.41) is 10.5. The molecule has 0 rings (SSSR count). The normalized spacial score (nSPS) is 14.5. The van der Waals surface area contributed by atoms with Crippen LogP contribution in [0.4, 0.5) is 0 Å². The van der Waals surface area contributed by atoms with E-state index in [9.17, 15) is 43.2 Å². The summed E-state index contributed by atoms with van der Waals surface area (Å²) in [4.78, 5) is 72.0. The lowest BCUT2D eigenvalue weighted by molar-refractivity contribution is -0.161. The van der Waals surface area contributed by atoms with Crippen LogP contribution in [0.15, 0.2) is 0 Å². The molecule has 0 aromatic heterocycles. The summed E-state index contributed by atoms with van der Waals surface area (Å²) in [6.07, 6.45) is 29.8. The first-order chi connectivity index (χ1) is 38.1. The highest BCUT2D eigenvalue weighted by atomic mass is 31.2. The van der Waals surface area contributed by atoms with Crippen molar-refractivity contribution in [2.45, 2.75) is 305 Å². The van der Waals surface area contributed by atoms with Gasteiger partial charge in [0, 0.05) is 25.7 Å². The largest absolute Gasteiger partial charge is 0.472 e. The Morgan fingerprint density at radius 3 is 0.775 bits per heavy atom. The molecule has 0 amide bonds. The average Bonchev–Trinajstić information content (AvgIpc) is 3.39. The monoisotopic (exact) mass is 1180 g/mol. The summed E-state index contributed by atoms with van der Waals surface area (Å²) < 4.78 is 67.8. The molecule has 0 aromatic rings. The smallest absolute Gasteiger partial charge is 0.462 e. The average molecular weight is 1190 g/mol. The lowest BCUT2D eigenvalue weighted by Gasteiger charge is -2.21. The van der Waals surface area contributed by atoms with E-state index in [0.717, 1.165) is 109 Å². The number of unbranched alkanes of at least 4 members (excludes halogenated alkanes) is 24. The number of carbonyl (C=O) groups excluding carboxylic acids is 4. The molecule has 0 heterocycles. The number of phosphoric ester groups is 2. The Hall–Kier alpha value is -1.94. The van der Waals surface area contributed by atoms with Gasteiger partial charge >= 0.3 is 39.5 Å². The maximum Gasteiger partial charge on any atom is 0.472 e. The molecule has 0 saturated carbocycles. The van der Waals surface area contributed by atoms with E-state index < -0.39 is 97.5 Å². The van der Waals surface area contributed by atoms with Gasteiger partial charge in [0.25, 0.3) is 0 Å². The zero-order chi connectivity index (χ0) is 59.7. The van der Waals surface area contributed by atoms with Gasteiger partial charge in [0.15, 0.2) is 12.2 Å². The number of carbonyl (C=O) groups is 4. The lowest BCUT2D eigenvalue weighted by atomic mass is 10.0. The van der Waals surface area contributed by atoms with Gasteiger partial charge in [-0.1, -0.05) is 235 Å². The second-order valence-corrected chi connectivity index (χ2v) is 26.9. The first-order valence-corrected chi connectivity index (χ1v) is 34.7. The van der Waals surface area contributed by atoms with E-state index in [-0.39, 0.29) is 25.7 Å². The first-order valence-electron chi connectivity index (χ1n) is 31.7. The van der Waals surface area contributed by atoms with Crippen molar-refractivity contribution in [2.24, 2.45) is 23.7 Å². The fourth-order valence-corrected chi connectivity index (χ4v) is 10.5. The number of phosphoric acid groups is 2. The summed E-state index contributed by atoms with van der Waals surface area (Å²) in [6.45, 7) is 13.8. The van der Waals surface area contributed by atoms with E-state index in [1.54, 1.807) is 0 Å². The molecule has 19 heteroatoms. The number of hydrogen-bond donors (Lipinski definition) is 3. The van der Waals surface area contributed by atoms with Crippen LogP contribution in [0, 0.1) is 23.7 Å². The Balaban J connectivity index is 5.24. The molecule has 0 saturated heterocycles. The third-order valence-corrected chi connectivity index (χ3v) is 15.7. The van der Waals surface area contributed by atoms with Crippen molar-refractivity contribution in [3.8, 4) is 0 Å². The van der Waals surface area contributed by atoms with E-state index in [1.807, 2.05) is 0 Å². The maximum absolute atomic E-state index is 12.9. The van der Waals surface area contributed by atoms with Crippen molar-refractivity contribution in [3.63, 3.8) is 0 Å². The molecule has 0 aliphatic rings. The summed E-state index contributed by atoms with van der Waals surface area (Å²) in [5.41, 5.74) is 0. The van der Waals surface area contributed by atoms with Gasteiger partial charge in [-0.2, -0.15) is 0 Å². The highest BCUT2D eigenvalue weighted by molar-refractivity contribution is 7.47. The Kier molecular flexibility index (Phi) is 50.2. The Labute approximate surface area is 486 Å². The van der Waals surface area contributed by atoms with E-state index in [2.05, 4.69) is 55.4 Å². The zero-order valence-electron chi connectivity index (χ0n) is 51.7. The Morgan fingerprint density at radius 2 is 0.525 bits per heavy atom. The van der Waals surface area contributed by atoms with Crippen LogP contribution in [0.1, 0.15) is 287 Å². The number of esters is 4. The molecule has 0 spiro atoms. The summed E-state index contributed by atoms with van der Waals surface area (Å²) in [5.74, 6) is 0.641. The summed E-state index contributed by atoms with van der Waals surface area (Å²) >= 11 is 0. The minimum Gasteiger partial charge on any atom is -0.462 e. The number of rotatable bonds is 58. The van der Waals surface area contributed by atoms with Crippen LogP contribution in [0.2, 0.25) is 0 Å². The van der Waals surface area contributed by atoms with E-state index in [0.29, 0.717) is 43.4 Å². The molecule has 0 fully saturated rings. The summed E-state index contributed by atoms with van der Waals surface area (Å²) in [6, 6.07) is 0. The van der Waals surface area contributed by atoms with E-state index in [4.69, 9.17) is 37.0 Å². The summed E-state index contributed by atoms with van der Waals surface area (Å²) in [7, 11) is -9.88. The van der Waals surface area contributed by atoms with Crippen molar-refractivity contribution >= 4 is 39.5 Å². The molecule has 3 N–H and O–H groups in total. The second kappa shape index (κ2) is 51.5. The van der Waals surface area contributed by atoms with Gasteiger partial charge in [0.05, 0.1) is 26.4 Å². The quantitative estimate of drug-likeness (QED) is 0.0222.